The zero-order chi connectivity index (χ0) is 14.1. The monoisotopic (exact) mass is 285 g/mol. The van der Waals surface area contributed by atoms with E-state index in [-0.39, 0.29) is 0 Å². The predicted molar refractivity (Wildman–Crippen MR) is 81.8 cm³/mol. The van der Waals surface area contributed by atoms with Crippen LogP contribution in [0.4, 0.5) is 5.69 Å². The van der Waals surface area contributed by atoms with Gasteiger partial charge in [0.1, 0.15) is 5.82 Å². The molecule has 102 valence electrons. The number of rotatable bonds is 3. The average molecular weight is 285 g/mol. The van der Waals surface area contributed by atoms with Gasteiger partial charge in [0, 0.05) is 10.6 Å². The molecule has 0 aliphatic rings. The number of nitrogens with one attached hydrogen (secondary N) is 1. The summed E-state index contributed by atoms with van der Waals surface area (Å²) in [6.45, 7) is 1.96. The van der Waals surface area contributed by atoms with Gasteiger partial charge in [0.2, 0.25) is 0 Å². The van der Waals surface area contributed by atoms with Gasteiger partial charge in [-0.3, -0.25) is 4.21 Å². The van der Waals surface area contributed by atoms with Crippen LogP contribution in [0.5, 0.6) is 0 Å². The van der Waals surface area contributed by atoms with E-state index in [0.29, 0.717) is 17.3 Å². The molecule has 0 radical (unpaired) electrons. The fourth-order valence-electron chi connectivity index (χ4n) is 2.16. The lowest BCUT2D eigenvalue weighted by molar-refractivity contribution is 0.681. The van der Waals surface area contributed by atoms with E-state index >= 15 is 0 Å². The third-order valence-electron chi connectivity index (χ3n) is 3.16. The van der Waals surface area contributed by atoms with Crippen LogP contribution in [0.2, 0.25) is 0 Å². The molecule has 1 atom stereocenters. The normalized spacial score (nSPS) is 12.7. The zero-order valence-corrected chi connectivity index (χ0v) is 11.9. The molecule has 3 rings (SSSR count). The molecule has 0 aliphatic carbocycles. The standard InChI is InChI=1S/C15H15N3OS/c1-10-4-2-3-5-14(10)20(19)9-15-17-12-7-6-11(16)8-13(12)18-15/h2-8H,9,16H2,1H3,(H,17,18). The van der Waals surface area contributed by atoms with Crippen LogP contribution in [0.1, 0.15) is 11.4 Å². The van der Waals surface area contributed by atoms with Crippen molar-refractivity contribution < 1.29 is 4.21 Å². The highest BCUT2D eigenvalue weighted by atomic mass is 32.2. The Balaban J connectivity index is 1.89. The van der Waals surface area contributed by atoms with Crippen molar-refractivity contribution in [2.75, 3.05) is 5.73 Å². The molecule has 5 heteroatoms. The molecule has 4 nitrogen and oxygen atoms in total. The minimum atomic E-state index is -1.10. The number of nitrogens with zero attached hydrogens (tertiary/aromatic N) is 1. The highest BCUT2D eigenvalue weighted by Crippen LogP contribution is 2.18. The summed E-state index contributed by atoms with van der Waals surface area (Å²) >= 11 is 0. The maximum atomic E-state index is 12.4. The van der Waals surface area contributed by atoms with Crippen LogP contribution in [-0.4, -0.2) is 14.2 Å². The number of nitrogens with two attached hydrogens (primary N) is 1. The summed E-state index contributed by atoms with van der Waals surface area (Å²) in [6, 6.07) is 13.2. The van der Waals surface area contributed by atoms with Gasteiger partial charge in [0.25, 0.3) is 0 Å². The Kier molecular flexibility index (Phi) is 3.28. The Morgan fingerprint density at radius 2 is 2.05 bits per heavy atom. The van der Waals surface area contributed by atoms with Crippen molar-refractivity contribution in [3.8, 4) is 0 Å². The number of anilines is 1. The number of hydrogen-bond donors (Lipinski definition) is 2. The molecule has 3 aromatic rings. The highest BCUT2D eigenvalue weighted by molar-refractivity contribution is 7.84. The van der Waals surface area contributed by atoms with Gasteiger partial charge >= 0.3 is 0 Å². The topological polar surface area (TPSA) is 71.8 Å². The van der Waals surface area contributed by atoms with Crippen LogP contribution in [0.25, 0.3) is 11.0 Å². The lowest BCUT2D eigenvalue weighted by Crippen LogP contribution is -2.00. The Labute approximate surface area is 119 Å². The smallest absolute Gasteiger partial charge is 0.120 e. The van der Waals surface area contributed by atoms with Crippen molar-refractivity contribution in [3.63, 3.8) is 0 Å². The molecule has 0 spiro atoms. The molecule has 0 aliphatic heterocycles. The van der Waals surface area contributed by atoms with E-state index < -0.39 is 10.8 Å². The Morgan fingerprint density at radius 1 is 1.25 bits per heavy atom. The van der Waals surface area contributed by atoms with Gasteiger partial charge in [-0.1, -0.05) is 18.2 Å². The van der Waals surface area contributed by atoms with Gasteiger partial charge in [-0.05, 0) is 36.8 Å². The van der Waals surface area contributed by atoms with Crippen LogP contribution in [0, 0.1) is 6.92 Å². The van der Waals surface area contributed by atoms with E-state index in [1.165, 1.54) is 0 Å². The molecule has 3 N–H and O–H groups in total. The van der Waals surface area contributed by atoms with Crippen LogP contribution in [0.15, 0.2) is 47.4 Å². The van der Waals surface area contributed by atoms with Gasteiger partial charge in [-0.15, -0.1) is 0 Å². The summed E-state index contributed by atoms with van der Waals surface area (Å²) in [5.74, 6) is 1.09. The van der Waals surface area contributed by atoms with Crippen LogP contribution >= 0.6 is 0 Å². The van der Waals surface area contributed by atoms with E-state index in [1.807, 2.05) is 49.4 Å². The van der Waals surface area contributed by atoms with Crippen molar-refractivity contribution in [1.29, 1.82) is 0 Å². The molecule has 0 saturated carbocycles. The number of imidazole rings is 1. The maximum Gasteiger partial charge on any atom is 0.120 e. The second-order valence-electron chi connectivity index (χ2n) is 4.72. The minimum Gasteiger partial charge on any atom is -0.399 e. The first-order chi connectivity index (χ1) is 9.63. The SMILES string of the molecule is Cc1ccccc1S(=O)Cc1nc2ccc(N)cc2[nH]1. The Bertz CT molecular complexity index is 795. The fraction of sp³-hybridized carbons (Fsp3) is 0.133. The molecule has 2 aromatic carbocycles. The van der Waals surface area contributed by atoms with E-state index in [2.05, 4.69) is 9.97 Å². The summed E-state index contributed by atoms with van der Waals surface area (Å²) in [7, 11) is -1.10. The average Bonchev–Trinajstić information content (AvgIpc) is 2.80. The van der Waals surface area contributed by atoms with Crippen LogP contribution in [-0.2, 0) is 16.6 Å². The van der Waals surface area contributed by atoms with Gasteiger partial charge in [-0.25, -0.2) is 4.98 Å². The number of aryl methyl sites for hydroxylation is 1. The first kappa shape index (κ1) is 12.9. The third kappa shape index (κ3) is 2.44. The number of hydrogen-bond acceptors (Lipinski definition) is 3. The minimum absolute atomic E-state index is 0.374. The number of fused-ring (bicyclic) bond motifs is 1. The number of aromatic nitrogens is 2. The molecule has 1 aromatic heterocycles. The quantitative estimate of drug-likeness (QED) is 0.727. The zero-order valence-electron chi connectivity index (χ0n) is 11.1. The molecule has 1 unspecified atom stereocenters. The highest BCUT2D eigenvalue weighted by Gasteiger charge is 2.11. The summed E-state index contributed by atoms with van der Waals surface area (Å²) in [4.78, 5) is 8.47. The summed E-state index contributed by atoms with van der Waals surface area (Å²) < 4.78 is 12.4. The summed E-state index contributed by atoms with van der Waals surface area (Å²) in [5, 5.41) is 0. The lowest BCUT2D eigenvalue weighted by Gasteiger charge is -2.03. The molecule has 0 fully saturated rings. The van der Waals surface area contributed by atoms with E-state index in [9.17, 15) is 4.21 Å². The van der Waals surface area contributed by atoms with E-state index in [4.69, 9.17) is 5.73 Å². The fourth-order valence-corrected chi connectivity index (χ4v) is 3.36. The van der Waals surface area contributed by atoms with Crippen molar-refractivity contribution >= 4 is 27.5 Å². The number of benzene rings is 2. The van der Waals surface area contributed by atoms with Gasteiger partial charge < -0.3 is 10.7 Å². The summed E-state index contributed by atoms with van der Waals surface area (Å²) in [6.07, 6.45) is 0. The van der Waals surface area contributed by atoms with Crippen LogP contribution in [0.3, 0.4) is 0 Å². The van der Waals surface area contributed by atoms with E-state index in [1.54, 1.807) is 0 Å². The van der Waals surface area contributed by atoms with Crippen molar-refractivity contribution in [2.24, 2.45) is 0 Å². The predicted octanol–water partition coefficient (Wildman–Crippen LogP) is 2.76. The molecular weight excluding hydrogens is 270 g/mol. The molecule has 0 saturated heterocycles. The van der Waals surface area contributed by atoms with Crippen molar-refractivity contribution in [1.82, 2.24) is 9.97 Å². The number of aromatic amines is 1. The molecule has 1 heterocycles. The first-order valence-corrected chi connectivity index (χ1v) is 7.63. The summed E-state index contributed by atoms with van der Waals surface area (Å²) in [5.41, 5.74) is 9.18. The number of nitrogen functional groups attached to an aromatic ring is 1. The van der Waals surface area contributed by atoms with Gasteiger partial charge in [0.05, 0.1) is 27.6 Å². The van der Waals surface area contributed by atoms with Crippen LogP contribution < -0.4 is 5.73 Å². The molecule has 20 heavy (non-hydrogen) atoms. The third-order valence-corrected chi connectivity index (χ3v) is 4.65. The van der Waals surface area contributed by atoms with E-state index in [0.717, 1.165) is 21.5 Å². The molecule has 0 bridgehead atoms. The Morgan fingerprint density at radius 3 is 2.85 bits per heavy atom. The largest absolute Gasteiger partial charge is 0.399 e. The van der Waals surface area contributed by atoms with Gasteiger partial charge in [-0.2, -0.15) is 0 Å². The second-order valence-corrected chi connectivity index (χ2v) is 6.13. The van der Waals surface area contributed by atoms with Gasteiger partial charge in [0.15, 0.2) is 0 Å². The lowest BCUT2D eigenvalue weighted by atomic mass is 10.2. The first-order valence-electron chi connectivity index (χ1n) is 6.31. The number of H-pyrrole nitrogens is 1. The molecule has 0 amide bonds. The maximum absolute atomic E-state index is 12.4. The van der Waals surface area contributed by atoms with Crippen molar-refractivity contribution in [3.05, 3.63) is 53.9 Å². The second kappa shape index (κ2) is 5.09. The van der Waals surface area contributed by atoms with Crippen molar-refractivity contribution in [2.45, 2.75) is 17.6 Å². The Hall–Kier alpha value is -2.14. The molecular formula is C15H15N3OS.